The number of nitrogens with zero attached hydrogens (tertiary/aromatic N) is 1. The first kappa shape index (κ1) is 12.5. The van der Waals surface area contributed by atoms with E-state index in [0.29, 0.717) is 5.11 Å². The zero-order chi connectivity index (χ0) is 12.8. The molecule has 2 rings (SSSR count). The third-order valence-electron chi connectivity index (χ3n) is 2.58. The Hall–Kier alpha value is -1.94. The zero-order valence-corrected chi connectivity index (χ0v) is 11.0. The molecule has 2 aromatic rings. The molecule has 1 aromatic heterocycles. The van der Waals surface area contributed by atoms with Crippen LogP contribution in [0, 0.1) is 0 Å². The summed E-state index contributed by atoms with van der Waals surface area (Å²) in [7, 11) is 0. The number of aromatic nitrogens is 1. The predicted molar refractivity (Wildman–Crippen MR) is 79.9 cm³/mol. The van der Waals surface area contributed by atoms with E-state index in [1.54, 1.807) is 12.4 Å². The van der Waals surface area contributed by atoms with Crippen LogP contribution in [0.2, 0.25) is 0 Å². The van der Waals surface area contributed by atoms with Crippen LogP contribution in [0.5, 0.6) is 0 Å². The molecule has 2 N–H and O–H groups in total. The third-order valence-corrected chi connectivity index (χ3v) is 2.79. The number of pyridine rings is 1. The van der Waals surface area contributed by atoms with Crippen molar-refractivity contribution in [3.63, 3.8) is 0 Å². The molecule has 18 heavy (non-hydrogen) atoms. The predicted octanol–water partition coefficient (Wildman–Crippen LogP) is 3.45. The van der Waals surface area contributed by atoms with Crippen molar-refractivity contribution in [3.05, 3.63) is 54.4 Å². The normalized spacial score (nSPS) is 9.83. The summed E-state index contributed by atoms with van der Waals surface area (Å²) < 4.78 is 0. The third kappa shape index (κ3) is 3.28. The Morgan fingerprint density at radius 1 is 1.11 bits per heavy atom. The van der Waals surface area contributed by atoms with Crippen molar-refractivity contribution in [1.29, 1.82) is 0 Å². The Kier molecular flexibility index (Phi) is 4.25. The second-order valence-corrected chi connectivity index (χ2v) is 4.23. The van der Waals surface area contributed by atoms with Gasteiger partial charge >= 0.3 is 0 Å². The van der Waals surface area contributed by atoms with E-state index in [9.17, 15) is 0 Å². The van der Waals surface area contributed by atoms with Crippen molar-refractivity contribution in [1.82, 2.24) is 4.98 Å². The fourth-order valence-corrected chi connectivity index (χ4v) is 1.90. The molecule has 0 unspecified atom stereocenters. The number of nitrogens with one attached hydrogen (secondary N) is 2. The highest BCUT2D eigenvalue weighted by molar-refractivity contribution is 7.80. The Morgan fingerprint density at radius 2 is 1.83 bits per heavy atom. The van der Waals surface area contributed by atoms with Crippen LogP contribution in [0.3, 0.4) is 0 Å². The topological polar surface area (TPSA) is 37.0 Å². The number of para-hydroxylation sites is 1. The smallest absolute Gasteiger partial charge is 0.175 e. The first-order chi connectivity index (χ1) is 8.79. The lowest BCUT2D eigenvalue weighted by atomic mass is 10.1. The van der Waals surface area contributed by atoms with Gasteiger partial charge in [0, 0.05) is 23.8 Å². The fourth-order valence-electron chi connectivity index (χ4n) is 1.67. The molecule has 0 atom stereocenters. The van der Waals surface area contributed by atoms with Gasteiger partial charge in [-0.2, -0.15) is 0 Å². The van der Waals surface area contributed by atoms with Crippen LogP contribution in [0.25, 0.3) is 0 Å². The van der Waals surface area contributed by atoms with Crippen LogP contribution in [-0.4, -0.2) is 10.1 Å². The van der Waals surface area contributed by atoms with Gasteiger partial charge in [0.1, 0.15) is 0 Å². The van der Waals surface area contributed by atoms with Gasteiger partial charge in [-0.3, -0.25) is 4.98 Å². The maximum Gasteiger partial charge on any atom is 0.175 e. The Balaban J connectivity index is 2.03. The van der Waals surface area contributed by atoms with Crippen LogP contribution >= 0.6 is 12.2 Å². The highest BCUT2D eigenvalue weighted by Crippen LogP contribution is 2.16. The lowest BCUT2D eigenvalue weighted by Crippen LogP contribution is -2.19. The highest BCUT2D eigenvalue weighted by atomic mass is 32.1. The van der Waals surface area contributed by atoms with Crippen molar-refractivity contribution in [2.75, 3.05) is 10.6 Å². The minimum Gasteiger partial charge on any atom is -0.332 e. The number of hydrogen-bond donors (Lipinski definition) is 2. The Morgan fingerprint density at radius 3 is 2.56 bits per heavy atom. The number of anilines is 2. The molecule has 0 aliphatic rings. The van der Waals surface area contributed by atoms with Crippen LogP contribution in [0.4, 0.5) is 11.4 Å². The van der Waals surface area contributed by atoms with Gasteiger partial charge in [-0.25, -0.2) is 0 Å². The van der Waals surface area contributed by atoms with Gasteiger partial charge in [0.05, 0.1) is 0 Å². The van der Waals surface area contributed by atoms with Gasteiger partial charge in [0.25, 0.3) is 0 Å². The molecule has 0 amide bonds. The quantitative estimate of drug-likeness (QED) is 0.826. The number of benzene rings is 1. The van der Waals surface area contributed by atoms with Gasteiger partial charge in [-0.05, 0) is 42.4 Å². The van der Waals surface area contributed by atoms with E-state index < -0.39 is 0 Å². The molecule has 0 saturated heterocycles. The molecule has 0 aliphatic heterocycles. The molecule has 3 nitrogen and oxygen atoms in total. The van der Waals surface area contributed by atoms with Crippen molar-refractivity contribution < 1.29 is 0 Å². The summed E-state index contributed by atoms with van der Waals surface area (Å²) in [4.78, 5) is 3.96. The number of rotatable bonds is 3. The van der Waals surface area contributed by atoms with E-state index in [1.165, 1.54) is 5.56 Å². The summed E-state index contributed by atoms with van der Waals surface area (Å²) in [6.45, 7) is 2.12. The summed E-state index contributed by atoms with van der Waals surface area (Å²) in [6.07, 6.45) is 4.43. The van der Waals surface area contributed by atoms with E-state index >= 15 is 0 Å². The molecule has 0 spiro atoms. The minimum absolute atomic E-state index is 0.585. The fraction of sp³-hybridized carbons (Fsp3) is 0.143. The van der Waals surface area contributed by atoms with Gasteiger partial charge in [-0.1, -0.05) is 25.1 Å². The van der Waals surface area contributed by atoms with E-state index in [4.69, 9.17) is 12.2 Å². The van der Waals surface area contributed by atoms with Crippen LogP contribution < -0.4 is 10.6 Å². The largest absolute Gasteiger partial charge is 0.332 e. The van der Waals surface area contributed by atoms with Crippen molar-refractivity contribution in [2.45, 2.75) is 13.3 Å². The number of thiocarbonyl (C=S) groups is 1. The zero-order valence-electron chi connectivity index (χ0n) is 10.2. The van der Waals surface area contributed by atoms with Crippen molar-refractivity contribution >= 4 is 28.7 Å². The molecule has 1 aromatic carbocycles. The molecular weight excluding hydrogens is 242 g/mol. The van der Waals surface area contributed by atoms with Gasteiger partial charge in [0.2, 0.25) is 0 Å². The average Bonchev–Trinajstić information content (AvgIpc) is 2.40. The lowest BCUT2D eigenvalue weighted by Gasteiger charge is -2.13. The Labute approximate surface area is 112 Å². The second kappa shape index (κ2) is 6.12. The maximum absolute atomic E-state index is 5.28. The Bertz CT molecular complexity index is 526. The number of hydrogen-bond acceptors (Lipinski definition) is 2. The molecule has 0 radical (unpaired) electrons. The van der Waals surface area contributed by atoms with Gasteiger partial charge < -0.3 is 10.6 Å². The summed E-state index contributed by atoms with van der Waals surface area (Å²) in [5, 5.41) is 6.92. The highest BCUT2D eigenvalue weighted by Gasteiger charge is 2.02. The van der Waals surface area contributed by atoms with Gasteiger partial charge in [0.15, 0.2) is 5.11 Å². The average molecular weight is 257 g/mol. The van der Waals surface area contributed by atoms with Gasteiger partial charge in [-0.15, -0.1) is 0 Å². The molecule has 0 saturated carbocycles. The summed E-state index contributed by atoms with van der Waals surface area (Å²) in [5.74, 6) is 0. The minimum atomic E-state index is 0.585. The maximum atomic E-state index is 5.28. The molecule has 0 aliphatic carbocycles. The first-order valence-corrected chi connectivity index (χ1v) is 6.26. The molecule has 4 heteroatoms. The van der Waals surface area contributed by atoms with Crippen LogP contribution in [-0.2, 0) is 6.42 Å². The summed E-state index contributed by atoms with van der Waals surface area (Å²) >= 11 is 5.28. The first-order valence-electron chi connectivity index (χ1n) is 5.85. The summed E-state index contributed by atoms with van der Waals surface area (Å²) in [6, 6.07) is 11.9. The molecule has 0 fully saturated rings. The SMILES string of the molecule is CCc1ccccc1NC(=S)Nc1ccncc1. The summed E-state index contributed by atoms with van der Waals surface area (Å²) in [5.41, 5.74) is 3.22. The van der Waals surface area contributed by atoms with E-state index in [2.05, 4.69) is 28.6 Å². The molecule has 1 heterocycles. The van der Waals surface area contributed by atoms with Crippen molar-refractivity contribution in [2.24, 2.45) is 0 Å². The number of aryl methyl sites for hydroxylation is 1. The van der Waals surface area contributed by atoms with E-state index in [0.717, 1.165) is 17.8 Å². The van der Waals surface area contributed by atoms with E-state index in [1.807, 2.05) is 30.3 Å². The standard InChI is InChI=1S/C14H15N3S/c1-2-11-5-3-4-6-13(11)17-14(18)16-12-7-9-15-10-8-12/h3-10H,2H2,1H3,(H2,15,16,17,18). The second-order valence-electron chi connectivity index (χ2n) is 3.83. The van der Waals surface area contributed by atoms with E-state index in [-0.39, 0.29) is 0 Å². The molecule has 92 valence electrons. The monoisotopic (exact) mass is 257 g/mol. The lowest BCUT2D eigenvalue weighted by molar-refractivity contribution is 1.14. The molecule has 0 bridgehead atoms. The van der Waals surface area contributed by atoms with Crippen molar-refractivity contribution in [3.8, 4) is 0 Å². The molecular formula is C14H15N3S. The van der Waals surface area contributed by atoms with Crippen LogP contribution in [0.1, 0.15) is 12.5 Å². The van der Waals surface area contributed by atoms with Crippen LogP contribution in [0.15, 0.2) is 48.8 Å².